The van der Waals surface area contributed by atoms with Gasteiger partial charge in [-0.05, 0) is 43.7 Å². The summed E-state index contributed by atoms with van der Waals surface area (Å²) >= 11 is 2.05. The highest BCUT2D eigenvalue weighted by atomic mass is 32.2. The fraction of sp³-hybridized carbons (Fsp3) is 0.593. The van der Waals surface area contributed by atoms with Gasteiger partial charge in [0.05, 0.1) is 30.9 Å². The van der Waals surface area contributed by atoms with Gasteiger partial charge in [-0.2, -0.15) is 21.7 Å². The highest BCUT2D eigenvalue weighted by molar-refractivity contribution is 7.99. The zero-order valence-electron chi connectivity index (χ0n) is 21.5. The van der Waals surface area contributed by atoms with Crippen molar-refractivity contribution in [2.75, 3.05) is 62.4 Å². The highest BCUT2D eigenvalue weighted by Gasteiger charge is 2.28. The second-order valence-electron chi connectivity index (χ2n) is 10.2. The Balaban J connectivity index is 1.24. The first-order valence-electron chi connectivity index (χ1n) is 13.6. The van der Waals surface area contributed by atoms with Gasteiger partial charge in [-0.3, -0.25) is 9.47 Å². The summed E-state index contributed by atoms with van der Waals surface area (Å²) < 4.78 is 41.3. The Hall–Kier alpha value is -2.50. The number of hydrogen-bond donors (Lipinski definition) is 0. The van der Waals surface area contributed by atoms with Crippen molar-refractivity contribution < 1.29 is 18.3 Å². The van der Waals surface area contributed by atoms with Crippen molar-refractivity contribution in [3.8, 4) is 11.7 Å². The summed E-state index contributed by atoms with van der Waals surface area (Å²) in [7, 11) is 0. The van der Waals surface area contributed by atoms with Gasteiger partial charge in [0.2, 0.25) is 11.8 Å². The van der Waals surface area contributed by atoms with E-state index in [2.05, 4.69) is 21.6 Å². The summed E-state index contributed by atoms with van der Waals surface area (Å²) in [6.45, 7) is 5.37. The number of hydrogen-bond acceptors (Lipinski definition) is 8. The van der Waals surface area contributed by atoms with Crippen molar-refractivity contribution in [3.05, 3.63) is 36.2 Å². The summed E-state index contributed by atoms with van der Waals surface area (Å²) in [4.78, 5) is 18.3. The van der Waals surface area contributed by atoms with E-state index < -0.39 is 6.43 Å². The van der Waals surface area contributed by atoms with Gasteiger partial charge in [0.15, 0.2) is 5.82 Å². The fourth-order valence-electron chi connectivity index (χ4n) is 5.75. The molecule has 38 heavy (non-hydrogen) atoms. The van der Waals surface area contributed by atoms with Gasteiger partial charge in [0.1, 0.15) is 5.82 Å². The smallest absolute Gasteiger partial charge is 0.296 e. The Labute approximate surface area is 225 Å². The van der Waals surface area contributed by atoms with Crippen molar-refractivity contribution in [2.45, 2.75) is 38.2 Å². The topological polar surface area (TPSA) is 68.5 Å². The van der Waals surface area contributed by atoms with Gasteiger partial charge in [0.25, 0.3) is 6.43 Å². The number of para-hydroxylation sites is 2. The molecule has 0 bridgehead atoms. The zero-order chi connectivity index (χ0) is 25.9. The zero-order valence-corrected chi connectivity index (χ0v) is 22.3. The van der Waals surface area contributed by atoms with Gasteiger partial charge >= 0.3 is 0 Å². The molecule has 6 rings (SSSR count). The van der Waals surface area contributed by atoms with E-state index in [1.165, 1.54) is 42.0 Å². The van der Waals surface area contributed by atoms with Gasteiger partial charge in [-0.15, -0.1) is 0 Å². The number of imidazole rings is 1. The molecule has 8 nitrogen and oxygen atoms in total. The number of fused-ring (bicyclic) bond motifs is 1. The van der Waals surface area contributed by atoms with Gasteiger partial charge in [-0.25, -0.2) is 13.8 Å². The standard InChI is InChI=1S/C27H34F2N6O2S/c28-25(29)26-30-21-3-1-2-4-22(21)35(26)23-17-24(32-27(31-23)34-9-13-36-14-10-34)37-18-19-5-7-20(8-6-19)33-11-15-38-16-12-33/h1-4,17,19-20,25H,5-16,18H2. The minimum absolute atomic E-state index is 0.335. The number of morpholine rings is 1. The third-order valence-electron chi connectivity index (χ3n) is 7.83. The molecule has 11 heteroatoms. The van der Waals surface area contributed by atoms with E-state index in [-0.39, 0.29) is 5.82 Å². The molecule has 0 radical (unpaired) electrons. The van der Waals surface area contributed by atoms with Crippen LogP contribution in [-0.4, -0.2) is 88.0 Å². The van der Waals surface area contributed by atoms with Crippen LogP contribution in [0, 0.1) is 5.92 Å². The fourth-order valence-corrected chi connectivity index (χ4v) is 6.68. The molecule has 0 unspecified atom stereocenters. The molecule has 1 aromatic carbocycles. The Morgan fingerprint density at radius 2 is 1.74 bits per heavy atom. The molecule has 1 saturated carbocycles. The molecule has 2 saturated heterocycles. The second kappa shape index (κ2) is 11.7. The summed E-state index contributed by atoms with van der Waals surface area (Å²) in [6, 6.07) is 9.48. The number of rotatable bonds is 7. The summed E-state index contributed by atoms with van der Waals surface area (Å²) in [5.41, 5.74) is 1.08. The van der Waals surface area contributed by atoms with Crippen LogP contribution in [-0.2, 0) is 4.74 Å². The molecule has 3 fully saturated rings. The maximum atomic E-state index is 14.1. The molecule has 3 aliphatic rings. The van der Waals surface area contributed by atoms with Crippen LogP contribution in [0.5, 0.6) is 5.88 Å². The van der Waals surface area contributed by atoms with Crippen LogP contribution in [0.25, 0.3) is 16.9 Å². The quantitative estimate of drug-likeness (QED) is 0.428. The minimum atomic E-state index is -2.75. The number of nitrogens with zero attached hydrogens (tertiary/aromatic N) is 6. The maximum absolute atomic E-state index is 14.1. The predicted molar refractivity (Wildman–Crippen MR) is 145 cm³/mol. The average Bonchev–Trinajstić information content (AvgIpc) is 3.37. The lowest BCUT2D eigenvalue weighted by atomic mass is 9.86. The molecule has 0 N–H and O–H groups in total. The van der Waals surface area contributed by atoms with Crippen LogP contribution >= 0.6 is 11.8 Å². The Morgan fingerprint density at radius 1 is 0.974 bits per heavy atom. The predicted octanol–water partition coefficient (Wildman–Crippen LogP) is 4.58. The number of anilines is 1. The summed E-state index contributed by atoms with van der Waals surface area (Å²) in [5.74, 6) is 3.82. The van der Waals surface area contributed by atoms with Crippen LogP contribution in [0.2, 0.25) is 0 Å². The molecule has 2 aromatic heterocycles. The number of alkyl halides is 2. The van der Waals surface area contributed by atoms with E-state index in [0.29, 0.717) is 73.5 Å². The SMILES string of the molecule is FC(F)c1nc2ccccc2n1-c1cc(OCC2CCC(N3CCSCC3)CC2)nc(N2CCOCC2)n1. The first kappa shape index (κ1) is 25.8. The van der Waals surface area contributed by atoms with Crippen molar-refractivity contribution in [3.63, 3.8) is 0 Å². The van der Waals surface area contributed by atoms with Crippen molar-refractivity contribution >= 4 is 28.7 Å². The number of thioether (sulfide) groups is 1. The van der Waals surface area contributed by atoms with E-state index in [4.69, 9.17) is 19.4 Å². The normalized spacial score (nSPS) is 23.3. The third kappa shape index (κ3) is 5.60. The van der Waals surface area contributed by atoms with Crippen LogP contribution < -0.4 is 9.64 Å². The van der Waals surface area contributed by atoms with Crippen LogP contribution in [0.15, 0.2) is 30.3 Å². The number of benzene rings is 1. The van der Waals surface area contributed by atoms with Gasteiger partial charge < -0.3 is 14.4 Å². The molecular formula is C27H34F2N6O2S. The molecule has 4 heterocycles. The molecule has 1 aliphatic carbocycles. The Kier molecular flexibility index (Phi) is 7.94. The molecule has 0 amide bonds. The average molecular weight is 545 g/mol. The van der Waals surface area contributed by atoms with E-state index in [1.807, 2.05) is 11.0 Å². The second-order valence-corrected chi connectivity index (χ2v) is 11.4. The number of halogens is 2. The molecule has 204 valence electrons. The first-order chi connectivity index (χ1) is 18.7. The largest absolute Gasteiger partial charge is 0.477 e. The monoisotopic (exact) mass is 544 g/mol. The van der Waals surface area contributed by atoms with Crippen LogP contribution in [0.4, 0.5) is 14.7 Å². The van der Waals surface area contributed by atoms with E-state index in [9.17, 15) is 8.78 Å². The minimum Gasteiger partial charge on any atom is -0.477 e. The lowest BCUT2D eigenvalue weighted by Gasteiger charge is -2.38. The lowest BCUT2D eigenvalue weighted by molar-refractivity contribution is 0.120. The molecule has 3 aromatic rings. The molecule has 2 aliphatic heterocycles. The highest BCUT2D eigenvalue weighted by Crippen LogP contribution is 2.32. The summed E-state index contributed by atoms with van der Waals surface area (Å²) in [6.07, 6.45) is 1.91. The Morgan fingerprint density at radius 3 is 2.50 bits per heavy atom. The molecule has 0 spiro atoms. The van der Waals surface area contributed by atoms with E-state index in [0.717, 1.165) is 12.8 Å². The Bertz CT molecular complexity index is 1220. The van der Waals surface area contributed by atoms with Gasteiger partial charge in [-0.1, -0.05) is 12.1 Å². The van der Waals surface area contributed by atoms with Crippen LogP contribution in [0.3, 0.4) is 0 Å². The number of aromatic nitrogens is 4. The lowest BCUT2D eigenvalue weighted by Crippen LogP contribution is -2.43. The van der Waals surface area contributed by atoms with Crippen molar-refractivity contribution in [2.24, 2.45) is 5.92 Å². The number of ether oxygens (including phenoxy) is 2. The first-order valence-corrected chi connectivity index (χ1v) is 14.7. The summed E-state index contributed by atoms with van der Waals surface area (Å²) in [5, 5.41) is 0. The van der Waals surface area contributed by atoms with E-state index in [1.54, 1.807) is 24.3 Å². The van der Waals surface area contributed by atoms with Crippen LogP contribution in [0.1, 0.15) is 37.9 Å². The molecule has 0 atom stereocenters. The van der Waals surface area contributed by atoms with Crippen molar-refractivity contribution in [1.29, 1.82) is 0 Å². The maximum Gasteiger partial charge on any atom is 0.296 e. The third-order valence-corrected chi connectivity index (χ3v) is 8.77. The van der Waals surface area contributed by atoms with Crippen molar-refractivity contribution in [1.82, 2.24) is 24.4 Å². The van der Waals surface area contributed by atoms with E-state index >= 15 is 0 Å². The molecular weight excluding hydrogens is 510 g/mol. The van der Waals surface area contributed by atoms with Gasteiger partial charge in [0, 0.05) is 49.8 Å².